The minimum atomic E-state index is 0.730. The number of rotatable bonds is 7. The molecule has 0 aliphatic rings. The van der Waals surface area contributed by atoms with E-state index in [1.54, 1.807) is 6.07 Å². The predicted octanol–water partition coefficient (Wildman–Crippen LogP) is 3.52. The van der Waals surface area contributed by atoms with Crippen LogP contribution in [0, 0.1) is 0 Å². The fraction of sp³-hybridized carbons (Fsp3) is 0.545. The van der Waals surface area contributed by atoms with Gasteiger partial charge in [0.05, 0.1) is 11.5 Å². The molecule has 0 amide bonds. The lowest BCUT2D eigenvalue weighted by Crippen LogP contribution is -1.95. The van der Waals surface area contributed by atoms with Gasteiger partial charge in [0.2, 0.25) is 0 Å². The Morgan fingerprint density at radius 2 is 2.29 bits per heavy atom. The highest BCUT2D eigenvalue weighted by Gasteiger charge is 1.98. The summed E-state index contributed by atoms with van der Waals surface area (Å²) in [6, 6.07) is 1.79. The van der Waals surface area contributed by atoms with Gasteiger partial charge >= 0.3 is 0 Å². The first-order valence-corrected chi connectivity index (χ1v) is 5.91. The van der Waals surface area contributed by atoms with Gasteiger partial charge in [-0.25, -0.2) is 0 Å². The molecule has 0 fully saturated rings. The molecule has 0 spiro atoms. The van der Waals surface area contributed by atoms with E-state index in [-0.39, 0.29) is 0 Å². The van der Waals surface area contributed by atoms with Crippen LogP contribution < -0.4 is 4.74 Å². The van der Waals surface area contributed by atoms with Crippen molar-refractivity contribution >= 4 is 17.6 Å². The molecular weight excluding hydrogens is 196 g/mol. The van der Waals surface area contributed by atoms with Crippen molar-refractivity contribution < 1.29 is 9.53 Å². The number of aldehydes is 1. The maximum absolute atomic E-state index is 10.4. The van der Waals surface area contributed by atoms with E-state index >= 15 is 0 Å². The number of hydrogen-bond donors (Lipinski definition) is 0. The summed E-state index contributed by atoms with van der Waals surface area (Å²) >= 11 is 1.42. The molecule has 2 nitrogen and oxygen atoms in total. The molecule has 14 heavy (non-hydrogen) atoms. The molecular formula is C11H16O2S. The second kappa shape index (κ2) is 6.60. The molecule has 0 N–H and O–H groups in total. The van der Waals surface area contributed by atoms with E-state index in [0.717, 1.165) is 29.9 Å². The molecule has 0 unspecified atom stereocenters. The van der Waals surface area contributed by atoms with Crippen molar-refractivity contribution in [2.75, 3.05) is 6.61 Å². The Bertz CT molecular complexity index is 268. The van der Waals surface area contributed by atoms with Crippen LogP contribution >= 0.6 is 11.3 Å². The highest BCUT2D eigenvalue weighted by atomic mass is 32.1. The number of hydrogen-bond acceptors (Lipinski definition) is 3. The molecule has 1 aromatic heterocycles. The highest BCUT2D eigenvalue weighted by molar-refractivity contribution is 7.11. The van der Waals surface area contributed by atoms with Gasteiger partial charge in [-0.15, -0.1) is 11.3 Å². The first kappa shape index (κ1) is 11.2. The van der Waals surface area contributed by atoms with Crippen molar-refractivity contribution in [2.24, 2.45) is 0 Å². The van der Waals surface area contributed by atoms with Gasteiger partial charge in [-0.2, -0.15) is 0 Å². The van der Waals surface area contributed by atoms with Crippen LogP contribution in [0.4, 0.5) is 0 Å². The molecule has 0 bridgehead atoms. The van der Waals surface area contributed by atoms with Crippen molar-refractivity contribution in [3.05, 3.63) is 16.3 Å². The van der Waals surface area contributed by atoms with E-state index in [1.807, 2.05) is 5.38 Å². The zero-order chi connectivity index (χ0) is 10.2. The van der Waals surface area contributed by atoms with Crippen LogP contribution in [0.2, 0.25) is 0 Å². The van der Waals surface area contributed by atoms with E-state index in [2.05, 4.69) is 6.92 Å². The van der Waals surface area contributed by atoms with Crippen molar-refractivity contribution in [1.82, 2.24) is 0 Å². The fourth-order valence-corrected chi connectivity index (χ4v) is 1.82. The summed E-state index contributed by atoms with van der Waals surface area (Å²) in [5.74, 6) is 0.827. The van der Waals surface area contributed by atoms with E-state index in [1.165, 1.54) is 30.6 Å². The van der Waals surface area contributed by atoms with Crippen LogP contribution in [0.25, 0.3) is 0 Å². The molecule has 0 aromatic carbocycles. The summed E-state index contributed by atoms with van der Waals surface area (Å²) in [5.41, 5.74) is 0. The molecule has 0 radical (unpaired) electrons. The van der Waals surface area contributed by atoms with Crippen LogP contribution in [0.5, 0.6) is 5.75 Å². The predicted molar refractivity (Wildman–Crippen MR) is 59.3 cm³/mol. The smallest absolute Gasteiger partial charge is 0.160 e. The zero-order valence-corrected chi connectivity index (χ0v) is 9.31. The van der Waals surface area contributed by atoms with E-state index < -0.39 is 0 Å². The van der Waals surface area contributed by atoms with Gasteiger partial charge in [0.15, 0.2) is 6.29 Å². The normalized spacial score (nSPS) is 10.1. The fourth-order valence-electron chi connectivity index (χ4n) is 1.19. The number of unbranched alkanes of at least 4 members (excludes halogenated alkanes) is 3. The van der Waals surface area contributed by atoms with Crippen molar-refractivity contribution in [2.45, 2.75) is 32.6 Å². The molecule has 0 aliphatic heterocycles. The first-order valence-electron chi connectivity index (χ1n) is 5.03. The third kappa shape index (κ3) is 3.92. The van der Waals surface area contributed by atoms with Crippen molar-refractivity contribution in [3.8, 4) is 5.75 Å². The topological polar surface area (TPSA) is 26.3 Å². The van der Waals surface area contributed by atoms with E-state index in [4.69, 9.17) is 4.74 Å². The molecule has 0 saturated carbocycles. The lowest BCUT2D eigenvalue weighted by Gasteiger charge is -2.02. The molecule has 1 rings (SSSR count). The summed E-state index contributed by atoms with van der Waals surface area (Å²) in [7, 11) is 0. The van der Waals surface area contributed by atoms with Crippen LogP contribution in [-0.4, -0.2) is 12.9 Å². The van der Waals surface area contributed by atoms with E-state index in [0.29, 0.717) is 0 Å². The summed E-state index contributed by atoms with van der Waals surface area (Å²) in [4.78, 5) is 11.1. The Hall–Kier alpha value is -0.830. The maximum Gasteiger partial charge on any atom is 0.160 e. The van der Waals surface area contributed by atoms with Crippen LogP contribution in [-0.2, 0) is 0 Å². The lowest BCUT2D eigenvalue weighted by molar-refractivity contribution is 0.112. The maximum atomic E-state index is 10.4. The standard InChI is InChI=1S/C11H16O2S/c1-2-3-4-5-6-13-10-7-11(8-12)14-9-10/h7-9H,2-6H2,1H3. The minimum Gasteiger partial charge on any atom is -0.493 e. The van der Waals surface area contributed by atoms with Gasteiger partial charge in [-0.1, -0.05) is 26.2 Å². The molecule has 0 aliphatic carbocycles. The Balaban J connectivity index is 2.14. The Labute approximate surface area is 88.9 Å². The summed E-state index contributed by atoms with van der Waals surface area (Å²) in [5, 5.41) is 1.88. The summed E-state index contributed by atoms with van der Waals surface area (Å²) in [6.07, 6.45) is 5.69. The quantitative estimate of drug-likeness (QED) is 0.510. The molecule has 0 saturated heterocycles. The molecule has 0 atom stereocenters. The Morgan fingerprint density at radius 1 is 1.43 bits per heavy atom. The summed E-state index contributed by atoms with van der Waals surface area (Å²) in [6.45, 7) is 2.95. The number of ether oxygens (including phenoxy) is 1. The minimum absolute atomic E-state index is 0.730. The monoisotopic (exact) mass is 212 g/mol. The summed E-state index contributed by atoms with van der Waals surface area (Å²) < 4.78 is 5.49. The van der Waals surface area contributed by atoms with Gasteiger partial charge in [-0.3, -0.25) is 4.79 Å². The van der Waals surface area contributed by atoms with Gasteiger partial charge in [0.25, 0.3) is 0 Å². The molecule has 3 heteroatoms. The van der Waals surface area contributed by atoms with Gasteiger partial charge in [0, 0.05) is 11.4 Å². The van der Waals surface area contributed by atoms with E-state index in [9.17, 15) is 4.79 Å². The largest absolute Gasteiger partial charge is 0.493 e. The first-order chi connectivity index (χ1) is 6.86. The SMILES string of the molecule is CCCCCCOc1csc(C=O)c1. The van der Waals surface area contributed by atoms with Gasteiger partial charge in [0.1, 0.15) is 5.75 Å². The third-order valence-corrected chi connectivity index (χ3v) is 2.81. The van der Waals surface area contributed by atoms with Crippen molar-refractivity contribution in [1.29, 1.82) is 0 Å². The van der Waals surface area contributed by atoms with Gasteiger partial charge in [-0.05, 0) is 6.42 Å². The highest BCUT2D eigenvalue weighted by Crippen LogP contribution is 2.20. The van der Waals surface area contributed by atoms with Crippen LogP contribution in [0.1, 0.15) is 42.3 Å². The second-order valence-corrected chi connectivity index (χ2v) is 4.15. The Kier molecular flexibility index (Phi) is 5.30. The average molecular weight is 212 g/mol. The second-order valence-electron chi connectivity index (χ2n) is 3.21. The number of carbonyl (C=O) groups is 1. The zero-order valence-electron chi connectivity index (χ0n) is 8.49. The molecule has 1 aromatic rings. The number of carbonyl (C=O) groups excluding carboxylic acids is 1. The average Bonchev–Trinajstić information content (AvgIpc) is 2.65. The van der Waals surface area contributed by atoms with Crippen molar-refractivity contribution in [3.63, 3.8) is 0 Å². The third-order valence-electron chi connectivity index (χ3n) is 1.98. The molecule has 1 heterocycles. The Morgan fingerprint density at radius 3 is 2.93 bits per heavy atom. The lowest BCUT2D eigenvalue weighted by atomic mass is 10.2. The molecule has 78 valence electrons. The van der Waals surface area contributed by atoms with Gasteiger partial charge < -0.3 is 4.74 Å². The van der Waals surface area contributed by atoms with Crippen LogP contribution in [0.3, 0.4) is 0 Å². The number of thiophene rings is 1. The van der Waals surface area contributed by atoms with Crippen LogP contribution in [0.15, 0.2) is 11.4 Å².